The number of rotatable bonds is 5. The lowest BCUT2D eigenvalue weighted by Crippen LogP contribution is -2.23. The van der Waals surface area contributed by atoms with Crippen molar-refractivity contribution in [2.75, 3.05) is 31.9 Å². The molecule has 9 heteroatoms. The lowest BCUT2D eigenvalue weighted by molar-refractivity contribution is 0.318. The van der Waals surface area contributed by atoms with Gasteiger partial charge >= 0.3 is 0 Å². The quantitative estimate of drug-likeness (QED) is 0.509. The molecular weight excluding hydrogens is 388 g/mol. The number of anilines is 1. The first-order chi connectivity index (χ1) is 13.9. The molecule has 0 saturated carbocycles. The highest BCUT2D eigenvalue weighted by molar-refractivity contribution is 8.13. The number of amidine groups is 1. The highest BCUT2D eigenvalue weighted by Crippen LogP contribution is 2.33. The Hall–Kier alpha value is -2.81. The predicted molar refractivity (Wildman–Crippen MR) is 120 cm³/mol. The number of benzene rings is 1. The van der Waals surface area contributed by atoms with E-state index < -0.39 is 0 Å². The van der Waals surface area contributed by atoms with Crippen LogP contribution in [0.25, 0.3) is 22.4 Å². The summed E-state index contributed by atoms with van der Waals surface area (Å²) in [6, 6.07) is 5.84. The number of aromatic nitrogens is 4. The number of nitrogens with one attached hydrogen (secondary N) is 1. The van der Waals surface area contributed by atoms with Crippen molar-refractivity contribution < 1.29 is 4.74 Å². The Morgan fingerprint density at radius 1 is 1.41 bits per heavy atom. The summed E-state index contributed by atoms with van der Waals surface area (Å²) >= 11 is 1.56. The molecule has 0 aliphatic carbocycles. The highest BCUT2D eigenvalue weighted by Gasteiger charge is 2.18. The van der Waals surface area contributed by atoms with Crippen LogP contribution in [-0.2, 0) is 7.05 Å². The highest BCUT2D eigenvalue weighted by atomic mass is 32.2. The summed E-state index contributed by atoms with van der Waals surface area (Å²) in [4.78, 5) is 26.6. The first-order valence-corrected chi connectivity index (χ1v) is 10.6. The largest absolute Gasteiger partial charge is 0.493 e. The molecule has 2 heterocycles. The summed E-state index contributed by atoms with van der Waals surface area (Å²) in [5.74, 6) is 1.13. The van der Waals surface area contributed by atoms with Crippen LogP contribution >= 0.6 is 11.8 Å². The second-order valence-corrected chi connectivity index (χ2v) is 7.39. The van der Waals surface area contributed by atoms with Crippen LogP contribution in [0.15, 0.2) is 28.0 Å². The zero-order chi connectivity index (χ0) is 21.1. The first-order valence-electron chi connectivity index (χ1n) is 9.36. The van der Waals surface area contributed by atoms with Gasteiger partial charge in [0.25, 0.3) is 5.56 Å². The molecule has 0 radical (unpaired) electrons. The van der Waals surface area contributed by atoms with E-state index in [1.165, 1.54) is 0 Å². The van der Waals surface area contributed by atoms with Crippen molar-refractivity contribution in [2.45, 2.75) is 20.3 Å². The lowest BCUT2D eigenvalue weighted by Gasteiger charge is -2.21. The van der Waals surface area contributed by atoms with Crippen LogP contribution in [0.2, 0.25) is 0 Å². The normalized spacial score (nSPS) is 11.9. The maximum Gasteiger partial charge on any atom is 0.277 e. The number of H-pyrrole nitrogens is 1. The average Bonchev–Trinajstić information content (AvgIpc) is 3.01. The Bertz CT molecular complexity index is 1120. The molecule has 0 amide bonds. The van der Waals surface area contributed by atoms with E-state index >= 15 is 0 Å². The molecule has 0 aliphatic heterocycles. The van der Waals surface area contributed by atoms with E-state index in [0.29, 0.717) is 34.9 Å². The fourth-order valence-corrected chi connectivity index (χ4v) is 3.77. The molecular formula is C20H26N6O2S. The molecule has 0 spiro atoms. The van der Waals surface area contributed by atoms with Crippen LogP contribution in [0.1, 0.15) is 19.0 Å². The third-order valence-corrected chi connectivity index (χ3v) is 5.41. The van der Waals surface area contributed by atoms with Crippen LogP contribution in [-0.4, -0.2) is 51.9 Å². The van der Waals surface area contributed by atoms with E-state index in [9.17, 15) is 4.79 Å². The van der Waals surface area contributed by atoms with Gasteiger partial charge in [0.15, 0.2) is 10.7 Å². The van der Waals surface area contributed by atoms with Crippen molar-refractivity contribution in [1.29, 1.82) is 0 Å². The zero-order valence-corrected chi connectivity index (χ0v) is 18.4. The maximum absolute atomic E-state index is 12.7. The second-order valence-electron chi connectivity index (χ2n) is 6.62. The van der Waals surface area contributed by atoms with Crippen LogP contribution in [0.4, 0.5) is 5.69 Å². The fraction of sp³-hybridized carbons (Fsp3) is 0.400. The van der Waals surface area contributed by atoms with Crippen molar-refractivity contribution in [3.8, 4) is 17.1 Å². The van der Waals surface area contributed by atoms with Gasteiger partial charge in [0.05, 0.1) is 17.9 Å². The van der Waals surface area contributed by atoms with Crippen LogP contribution < -0.4 is 15.2 Å². The van der Waals surface area contributed by atoms with Gasteiger partial charge in [0, 0.05) is 26.8 Å². The molecule has 0 bridgehead atoms. The number of thioether (sulfide) groups is 1. The van der Waals surface area contributed by atoms with Crippen molar-refractivity contribution in [3.63, 3.8) is 0 Å². The van der Waals surface area contributed by atoms with Crippen molar-refractivity contribution in [2.24, 2.45) is 12.0 Å². The number of nitrogens with zero attached hydrogens (tertiary/aromatic N) is 5. The first kappa shape index (κ1) is 20.9. The zero-order valence-electron chi connectivity index (χ0n) is 17.6. The number of ether oxygens (including phenoxy) is 1. The molecule has 29 heavy (non-hydrogen) atoms. The van der Waals surface area contributed by atoms with Crippen LogP contribution in [0, 0.1) is 6.92 Å². The third-order valence-electron chi connectivity index (χ3n) is 4.59. The molecule has 0 unspecified atom stereocenters. The van der Waals surface area contributed by atoms with Gasteiger partial charge in [-0.15, -0.1) is 0 Å². The fourth-order valence-electron chi connectivity index (χ4n) is 3.21. The Labute approximate surface area is 174 Å². The minimum Gasteiger partial charge on any atom is -0.493 e. The number of aryl methyl sites for hydroxylation is 2. The van der Waals surface area contributed by atoms with Crippen molar-refractivity contribution in [3.05, 3.63) is 34.2 Å². The summed E-state index contributed by atoms with van der Waals surface area (Å²) in [6.07, 6.45) is 2.86. The third kappa shape index (κ3) is 4.00. The number of hydrogen-bond acceptors (Lipinski definition) is 6. The Kier molecular flexibility index (Phi) is 6.26. The summed E-state index contributed by atoms with van der Waals surface area (Å²) in [5.41, 5.74) is 3.17. The van der Waals surface area contributed by atoms with E-state index in [-0.39, 0.29) is 5.56 Å². The summed E-state index contributed by atoms with van der Waals surface area (Å²) < 4.78 is 7.50. The van der Waals surface area contributed by atoms with E-state index in [1.54, 1.807) is 30.5 Å². The van der Waals surface area contributed by atoms with Crippen LogP contribution in [0.3, 0.4) is 0 Å². The Morgan fingerprint density at radius 3 is 2.83 bits per heavy atom. The van der Waals surface area contributed by atoms with Gasteiger partial charge in [0.1, 0.15) is 17.1 Å². The van der Waals surface area contributed by atoms with Gasteiger partial charge in [-0.25, -0.2) is 4.98 Å². The Morgan fingerprint density at radius 2 is 2.17 bits per heavy atom. The predicted octanol–water partition coefficient (Wildman–Crippen LogP) is 3.21. The molecule has 2 aromatic heterocycles. The van der Waals surface area contributed by atoms with E-state index in [4.69, 9.17) is 9.72 Å². The van der Waals surface area contributed by atoms with Gasteiger partial charge in [-0.2, -0.15) is 5.10 Å². The molecule has 154 valence electrons. The molecule has 0 saturated heterocycles. The minimum absolute atomic E-state index is 0.228. The summed E-state index contributed by atoms with van der Waals surface area (Å²) in [7, 11) is 5.46. The number of fused-ring (bicyclic) bond motifs is 1. The minimum atomic E-state index is -0.228. The second kappa shape index (κ2) is 8.69. The molecule has 8 nitrogen and oxygen atoms in total. The molecule has 0 fully saturated rings. The van der Waals surface area contributed by atoms with E-state index in [1.807, 2.05) is 43.3 Å². The Balaban J connectivity index is 2.20. The molecule has 3 rings (SSSR count). The molecule has 0 atom stereocenters. The van der Waals surface area contributed by atoms with E-state index in [0.717, 1.165) is 22.8 Å². The van der Waals surface area contributed by atoms with Gasteiger partial charge in [0.2, 0.25) is 0 Å². The topological polar surface area (TPSA) is 88.4 Å². The molecule has 1 N–H and O–H groups in total. The average molecular weight is 415 g/mol. The summed E-state index contributed by atoms with van der Waals surface area (Å²) in [6.45, 7) is 4.47. The standard InChI is InChI=1S/C20H26N6O2S/c1-7-10-28-15-9-8-13(25(4)20(21-3)29-6)11-14(15)18-22-16-12(2)24-26(5)17(16)19(27)23-18/h8-9,11H,7,10H2,1-6H3,(H,22,23,27). The van der Waals surface area contributed by atoms with E-state index in [2.05, 4.69) is 22.0 Å². The van der Waals surface area contributed by atoms with Crippen molar-refractivity contribution in [1.82, 2.24) is 19.7 Å². The van der Waals surface area contributed by atoms with Crippen molar-refractivity contribution >= 4 is 33.7 Å². The molecule has 0 aliphatic rings. The van der Waals surface area contributed by atoms with Gasteiger partial charge < -0.3 is 14.6 Å². The summed E-state index contributed by atoms with van der Waals surface area (Å²) in [5, 5.41) is 5.20. The molecule has 1 aromatic carbocycles. The smallest absolute Gasteiger partial charge is 0.277 e. The SMILES string of the molecule is CCCOc1ccc(N(C)C(=NC)SC)cc1-c1nc2c(C)nn(C)c2c(=O)[nH]1. The number of aromatic amines is 1. The van der Waals surface area contributed by atoms with Gasteiger partial charge in [-0.05, 0) is 37.8 Å². The lowest BCUT2D eigenvalue weighted by atomic mass is 10.1. The maximum atomic E-state index is 12.7. The monoisotopic (exact) mass is 414 g/mol. The molecule has 3 aromatic rings. The number of aliphatic imine (C=N–C) groups is 1. The van der Waals surface area contributed by atoms with Crippen LogP contribution in [0.5, 0.6) is 5.75 Å². The van der Waals surface area contributed by atoms with Gasteiger partial charge in [-0.1, -0.05) is 18.7 Å². The number of hydrogen-bond donors (Lipinski definition) is 1. The van der Waals surface area contributed by atoms with Gasteiger partial charge in [-0.3, -0.25) is 14.5 Å².